The smallest absolute Gasteiger partial charge is 0.133 e. The van der Waals surface area contributed by atoms with Crippen LogP contribution in [0.4, 0.5) is 0 Å². The number of rotatable bonds is 5. The van der Waals surface area contributed by atoms with E-state index in [0.29, 0.717) is 11.6 Å². The Morgan fingerprint density at radius 3 is 2.21 bits per heavy atom. The van der Waals surface area contributed by atoms with Crippen LogP contribution < -0.4 is 4.74 Å². The van der Waals surface area contributed by atoms with Crippen LogP contribution in [0, 0.1) is 0 Å². The molecule has 3 rings (SSSR count). The van der Waals surface area contributed by atoms with Crippen molar-refractivity contribution in [1.29, 1.82) is 0 Å². The van der Waals surface area contributed by atoms with Crippen LogP contribution in [-0.2, 0) is 17.4 Å². The first-order valence-electron chi connectivity index (χ1n) is 9.62. The van der Waals surface area contributed by atoms with Gasteiger partial charge in [-0.3, -0.25) is 0 Å². The minimum Gasteiger partial charge on any atom is -0.487 e. The van der Waals surface area contributed by atoms with Crippen molar-refractivity contribution in [1.82, 2.24) is 9.97 Å². The van der Waals surface area contributed by atoms with E-state index >= 15 is 0 Å². The second kappa shape index (κ2) is 8.37. The maximum Gasteiger partial charge on any atom is 0.133 e. The Labute approximate surface area is 183 Å². The van der Waals surface area contributed by atoms with Crippen molar-refractivity contribution < 1.29 is 4.74 Å². The van der Waals surface area contributed by atoms with Crippen LogP contribution >= 0.6 is 24.2 Å². The lowest BCUT2D eigenvalue weighted by atomic mass is 9.78. The van der Waals surface area contributed by atoms with Crippen molar-refractivity contribution in [3.05, 3.63) is 82.4 Å². The molecule has 1 aromatic heterocycles. The fourth-order valence-electron chi connectivity index (χ4n) is 3.03. The fourth-order valence-corrected chi connectivity index (χ4v) is 3.34. The molecule has 0 aliphatic rings. The highest BCUT2D eigenvalue weighted by molar-refractivity contribution is 7.80. The monoisotopic (exact) mass is 426 g/mol. The summed E-state index contributed by atoms with van der Waals surface area (Å²) in [6.07, 6.45) is 1.79. The van der Waals surface area contributed by atoms with E-state index < -0.39 is 0 Å². The molecule has 0 saturated carbocycles. The average molecular weight is 427 g/mol. The van der Waals surface area contributed by atoms with Crippen molar-refractivity contribution in [2.45, 2.75) is 57.0 Å². The van der Waals surface area contributed by atoms with Gasteiger partial charge in [0.25, 0.3) is 0 Å². The molecule has 3 aromatic rings. The van der Waals surface area contributed by atoms with Gasteiger partial charge in [-0.05, 0) is 41.5 Å². The molecule has 1 heterocycles. The zero-order valence-electron chi connectivity index (χ0n) is 17.5. The highest BCUT2D eigenvalue weighted by Crippen LogP contribution is 2.35. The van der Waals surface area contributed by atoms with Crippen LogP contribution in [0.25, 0.3) is 0 Å². The Morgan fingerprint density at radius 1 is 0.931 bits per heavy atom. The molecule has 0 saturated heterocycles. The standard InChI is InChI=1S/C24H27ClN2OS/c1-23(2,3)22-26-13-12-18(27-22)15-28-19-9-6-16(7-10-19)24(4,5)17-8-11-21(29)20(25)14-17/h6-14,29H,15H2,1-5H3. The van der Waals surface area contributed by atoms with Crippen LogP contribution in [0.5, 0.6) is 5.75 Å². The van der Waals surface area contributed by atoms with Crippen molar-refractivity contribution in [3.8, 4) is 5.75 Å². The summed E-state index contributed by atoms with van der Waals surface area (Å²) < 4.78 is 5.95. The van der Waals surface area contributed by atoms with Gasteiger partial charge in [0.15, 0.2) is 0 Å². The first kappa shape index (κ1) is 21.7. The summed E-state index contributed by atoms with van der Waals surface area (Å²) in [5, 5.41) is 0.665. The number of aromatic nitrogens is 2. The molecule has 5 heteroatoms. The van der Waals surface area contributed by atoms with E-state index in [9.17, 15) is 0 Å². The minimum atomic E-state index is -0.183. The van der Waals surface area contributed by atoms with E-state index in [4.69, 9.17) is 16.3 Å². The third-order valence-corrected chi connectivity index (χ3v) is 5.85. The number of nitrogens with zero attached hydrogens (tertiary/aromatic N) is 2. The molecule has 0 aliphatic carbocycles. The van der Waals surface area contributed by atoms with Crippen LogP contribution in [0.3, 0.4) is 0 Å². The molecule has 29 heavy (non-hydrogen) atoms. The van der Waals surface area contributed by atoms with E-state index in [1.54, 1.807) is 6.20 Å². The molecule has 0 radical (unpaired) electrons. The number of hydrogen-bond acceptors (Lipinski definition) is 4. The Balaban J connectivity index is 1.72. The Hall–Kier alpha value is -2.04. The normalized spacial score (nSPS) is 12.1. The molecule has 0 spiro atoms. The second-order valence-electron chi connectivity index (χ2n) is 8.73. The lowest BCUT2D eigenvalue weighted by Gasteiger charge is -2.26. The first-order valence-corrected chi connectivity index (χ1v) is 10.4. The van der Waals surface area contributed by atoms with Crippen molar-refractivity contribution in [2.75, 3.05) is 0 Å². The number of halogens is 1. The van der Waals surface area contributed by atoms with Gasteiger partial charge in [-0.1, -0.05) is 64.4 Å². The predicted molar refractivity (Wildman–Crippen MR) is 122 cm³/mol. The molecular weight excluding hydrogens is 400 g/mol. The topological polar surface area (TPSA) is 35.0 Å². The quantitative estimate of drug-likeness (QED) is 0.465. The molecule has 0 N–H and O–H groups in total. The van der Waals surface area contributed by atoms with Gasteiger partial charge in [-0.2, -0.15) is 0 Å². The van der Waals surface area contributed by atoms with E-state index in [2.05, 4.69) is 75.4 Å². The van der Waals surface area contributed by atoms with Gasteiger partial charge in [-0.25, -0.2) is 9.97 Å². The Bertz CT molecular complexity index is 995. The highest BCUT2D eigenvalue weighted by atomic mass is 35.5. The van der Waals surface area contributed by atoms with Gasteiger partial charge in [-0.15, -0.1) is 12.6 Å². The van der Waals surface area contributed by atoms with Crippen molar-refractivity contribution in [3.63, 3.8) is 0 Å². The molecule has 0 atom stereocenters. The van der Waals surface area contributed by atoms with Gasteiger partial charge in [0.1, 0.15) is 18.2 Å². The molecule has 152 valence electrons. The van der Waals surface area contributed by atoms with Gasteiger partial charge in [0.05, 0.1) is 10.7 Å². The summed E-state index contributed by atoms with van der Waals surface area (Å²) in [5.41, 5.74) is 2.93. The van der Waals surface area contributed by atoms with E-state index in [-0.39, 0.29) is 10.8 Å². The van der Waals surface area contributed by atoms with Gasteiger partial charge >= 0.3 is 0 Å². The summed E-state index contributed by atoms with van der Waals surface area (Å²) >= 11 is 10.6. The second-order valence-corrected chi connectivity index (χ2v) is 9.61. The lowest BCUT2D eigenvalue weighted by Crippen LogP contribution is -2.18. The number of thiol groups is 1. The highest BCUT2D eigenvalue weighted by Gasteiger charge is 2.24. The Kier molecular flexibility index (Phi) is 6.25. The largest absolute Gasteiger partial charge is 0.487 e. The van der Waals surface area contributed by atoms with Gasteiger partial charge in [0.2, 0.25) is 0 Å². The maximum atomic E-state index is 6.26. The SMILES string of the molecule is CC(C)(C)c1nccc(COc2ccc(C(C)(C)c3ccc(S)c(Cl)c3)cc2)n1. The molecule has 3 nitrogen and oxygen atoms in total. The fraction of sp³-hybridized carbons (Fsp3) is 0.333. The molecule has 0 amide bonds. The van der Waals surface area contributed by atoms with Gasteiger partial charge < -0.3 is 4.74 Å². The third kappa shape index (κ3) is 5.12. The summed E-state index contributed by atoms with van der Waals surface area (Å²) in [5.74, 6) is 1.63. The summed E-state index contributed by atoms with van der Waals surface area (Å²) in [4.78, 5) is 9.77. The van der Waals surface area contributed by atoms with Crippen molar-refractivity contribution in [2.24, 2.45) is 0 Å². The number of ether oxygens (including phenoxy) is 1. The maximum absolute atomic E-state index is 6.26. The van der Waals surface area contributed by atoms with Gasteiger partial charge in [0, 0.05) is 21.9 Å². The minimum absolute atomic E-state index is 0.0860. The first-order chi connectivity index (χ1) is 13.6. The zero-order valence-corrected chi connectivity index (χ0v) is 19.2. The Morgan fingerprint density at radius 2 is 1.59 bits per heavy atom. The molecular formula is C24H27ClN2OS. The number of hydrogen-bond donors (Lipinski definition) is 1. The van der Waals surface area contributed by atoms with Crippen molar-refractivity contribution >= 4 is 24.2 Å². The molecule has 0 aliphatic heterocycles. The average Bonchev–Trinajstić information content (AvgIpc) is 2.68. The zero-order chi connectivity index (χ0) is 21.2. The van der Waals surface area contributed by atoms with E-state index in [1.165, 1.54) is 5.56 Å². The van der Waals surface area contributed by atoms with E-state index in [0.717, 1.165) is 27.7 Å². The van der Waals surface area contributed by atoms with Crippen LogP contribution in [0.1, 0.15) is 57.3 Å². The van der Waals surface area contributed by atoms with Crippen LogP contribution in [0.2, 0.25) is 5.02 Å². The molecule has 0 fully saturated rings. The summed E-state index contributed by atoms with van der Waals surface area (Å²) in [7, 11) is 0. The van der Waals surface area contributed by atoms with Crippen LogP contribution in [-0.4, -0.2) is 9.97 Å². The summed E-state index contributed by atoms with van der Waals surface area (Å²) in [6.45, 7) is 11.1. The number of benzene rings is 2. The van der Waals surface area contributed by atoms with E-state index in [1.807, 2.05) is 30.3 Å². The molecule has 0 unspecified atom stereocenters. The predicted octanol–water partition coefficient (Wildman–Crippen LogP) is 6.62. The van der Waals surface area contributed by atoms with Crippen LogP contribution in [0.15, 0.2) is 59.6 Å². The third-order valence-electron chi connectivity index (χ3n) is 5.02. The molecule has 0 bridgehead atoms. The lowest BCUT2D eigenvalue weighted by molar-refractivity contribution is 0.299. The molecule has 2 aromatic carbocycles. The summed E-state index contributed by atoms with van der Waals surface area (Å²) in [6, 6.07) is 16.1.